The summed E-state index contributed by atoms with van der Waals surface area (Å²) in [7, 11) is -3.22. The first-order valence-electron chi connectivity index (χ1n) is 6.12. The summed E-state index contributed by atoms with van der Waals surface area (Å²) in [5.41, 5.74) is 0. The molecule has 0 aliphatic rings. The molecular weight excluding hydrogens is 290 g/mol. The van der Waals surface area contributed by atoms with Gasteiger partial charge in [-0.05, 0) is 13.3 Å². The lowest BCUT2D eigenvalue weighted by molar-refractivity contribution is 0.576. The number of pyridine rings is 1. The number of sulfonamides is 1. The average Bonchev–Trinajstić information content (AvgIpc) is 2.32. The molecule has 0 fully saturated rings. The van der Waals surface area contributed by atoms with Crippen LogP contribution in [0.2, 0.25) is 0 Å². The third-order valence-corrected chi connectivity index (χ3v) is 3.01. The normalized spacial score (nSPS) is 11.4. The van der Waals surface area contributed by atoms with Crippen LogP contribution in [0.1, 0.15) is 13.3 Å². The minimum absolute atomic E-state index is 0.0225. The second-order valence-corrected chi connectivity index (χ2v) is 5.96. The zero-order valence-corrected chi connectivity index (χ0v) is 12.2. The van der Waals surface area contributed by atoms with Crippen LogP contribution in [0, 0.1) is 11.6 Å². The second-order valence-electron chi connectivity index (χ2n) is 4.13. The van der Waals surface area contributed by atoms with Gasteiger partial charge in [0.25, 0.3) is 0 Å². The molecule has 0 unspecified atom stereocenters. The molecule has 1 aromatic heterocycles. The minimum atomic E-state index is -3.22. The standard InChI is InChI=1S/C11H18F2N4O2S/c1-3-14-10-8(12)7-9(13)11(17-10)15-5-4-6-16-20(2,18)19/h7,16H,3-6H2,1-2H3,(H2,14,15,17). The highest BCUT2D eigenvalue weighted by molar-refractivity contribution is 7.88. The number of aromatic nitrogens is 1. The molecule has 0 radical (unpaired) electrons. The van der Waals surface area contributed by atoms with Gasteiger partial charge in [0.15, 0.2) is 23.3 Å². The fraction of sp³-hybridized carbons (Fsp3) is 0.545. The van der Waals surface area contributed by atoms with Gasteiger partial charge in [-0.2, -0.15) is 0 Å². The topological polar surface area (TPSA) is 83.1 Å². The van der Waals surface area contributed by atoms with Crippen LogP contribution in [0.15, 0.2) is 6.07 Å². The van der Waals surface area contributed by atoms with Crippen LogP contribution in [-0.4, -0.2) is 39.3 Å². The van der Waals surface area contributed by atoms with E-state index in [1.165, 1.54) is 0 Å². The summed E-state index contributed by atoms with van der Waals surface area (Å²) in [5.74, 6) is -1.64. The summed E-state index contributed by atoms with van der Waals surface area (Å²) < 4.78 is 50.7. The van der Waals surface area contributed by atoms with Gasteiger partial charge in [-0.25, -0.2) is 26.9 Å². The molecule has 0 aliphatic carbocycles. The lowest BCUT2D eigenvalue weighted by Gasteiger charge is -2.10. The number of halogens is 2. The highest BCUT2D eigenvalue weighted by atomic mass is 32.2. The summed E-state index contributed by atoms with van der Waals surface area (Å²) in [5, 5.41) is 5.38. The number of hydrogen-bond acceptors (Lipinski definition) is 5. The van der Waals surface area contributed by atoms with Crippen molar-refractivity contribution in [1.82, 2.24) is 9.71 Å². The first kappa shape index (κ1) is 16.6. The molecule has 0 atom stereocenters. The predicted octanol–water partition coefficient (Wildman–Crippen LogP) is 1.14. The lowest BCUT2D eigenvalue weighted by Crippen LogP contribution is -2.24. The van der Waals surface area contributed by atoms with Crippen LogP contribution >= 0.6 is 0 Å². The van der Waals surface area contributed by atoms with Crippen LogP contribution in [0.5, 0.6) is 0 Å². The van der Waals surface area contributed by atoms with Gasteiger partial charge >= 0.3 is 0 Å². The SMILES string of the molecule is CCNc1nc(NCCCNS(C)(=O)=O)c(F)cc1F. The van der Waals surface area contributed by atoms with Crippen molar-refractivity contribution in [3.63, 3.8) is 0 Å². The molecule has 0 aliphatic heterocycles. The van der Waals surface area contributed by atoms with Crippen LogP contribution in [0.3, 0.4) is 0 Å². The second kappa shape index (κ2) is 7.34. The Kier molecular flexibility index (Phi) is 6.08. The minimum Gasteiger partial charge on any atom is -0.368 e. The van der Waals surface area contributed by atoms with Crippen LogP contribution in [0.25, 0.3) is 0 Å². The Hall–Kier alpha value is -1.48. The van der Waals surface area contributed by atoms with Gasteiger partial charge in [0, 0.05) is 25.7 Å². The zero-order chi connectivity index (χ0) is 15.2. The maximum atomic E-state index is 13.5. The third kappa shape index (κ3) is 5.66. The Bertz CT molecular complexity index is 552. The van der Waals surface area contributed by atoms with Gasteiger partial charge in [-0.1, -0.05) is 0 Å². The molecule has 0 spiro atoms. The molecule has 114 valence electrons. The summed E-state index contributed by atoms with van der Waals surface area (Å²) in [4.78, 5) is 3.80. The van der Waals surface area contributed by atoms with E-state index in [-0.39, 0.29) is 18.2 Å². The monoisotopic (exact) mass is 308 g/mol. The summed E-state index contributed by atoms with van der Waals surface area (Å²) in [6.07, 6.45) is 1.51. The number of nitrogens with one attached hydrogen (secondary N) is 3. The maximum Gasteiger partial charge on any atom is 0.208 e. The highest BCUT2D eigenvalue weighted by Crippen LogP contribution is 2.18. The van der Waals surface area contributed by atoms with E-state index in [1.54, 1.807) is 6.92 Å². The Balaban J connectivity index is 2.53. The molecule has 0 amide bonds. The van der Waals surface area contributed by atoms with E-state index in [9.17, 15) is 17.2 Å². The molecule has 1 heterocycles. The Morgan fingerprint density at radius 3 is 2.30 bits per heavy atom. The Labute approximate surface area is 117 Å². The van der Waals surface area contributed by atoms with E-state index in [0.29, 0.717) is 19.5 Å². The van der Waals surface area contributed by atoms with Gasteiger partial charge in [0.05, 0.1) is 6.26 Å². The predicted molar refractivity (Wildman–Crippen MR) is 74.3 cm³/mol. The number of anilines is 2. The van der Waals surface area contributed by atoms with E-state index < -0.39 is 21.7 Å². The van der Waals surface area contributed by atoms with Gasteiger partial charge in [-0.15, -0.1) is 0 Å². The smallest absolute Gasteiger partial charge is 0.208 e. The molecule has 9 heteroatoms. The quantitative estimate of drug-likeness (QED) is 0.627. The summed E-state index contributed by atoms with van der Waals surface area (Å²) >= 11 is 0. The average molecular weight is 308 g/mol. The molecular formula is C11H18F2N4O2S. The summed E-state index contributed by atoms with van der Waals surface area (Å²) in [6.45, 7) is 2.78. The molecule has 1 rings (SSSR count). The van der Waals surface area contributed by atoms with E-state index in [1.807, 2.05) is 0 Å². The number of rotatable bonds is 8. The van der Waals surface area contributed by atoms with E-state index in [4.69, 9.17) is 0 Å². The van der Waals surface area contributed by atoms with Crippen molar-refractivity contribution in [2.75, 3.05) is 36.5 Å². The van der Waals surface area contributed by atoms with E-state index >= 15 is 0 Å². The van der Waals surface area contributed by atoms with Crippen molar-refractivity contribution in [2.24, 2.45) is 0 Å². The lowest BCUT2D eigenvalue weighted by atomic mass is 10.3. The van der Waals surface area contributed by atoms with E-state index in [2.05, 4.69) is 20.3 Å². The van der Waals surface area contributed by atoms with Crippen molar-refractivity contribution < 1.29 is 17.2 Å². The molecule has 20 heavy (non-hydrogen) atoms. The van der Waals surface area contributed by atoms with Crippen molar-refractivity contribution in [3.8, 4) is 0 Å². The Morgan fingerprint density at radius 1 is 1.15 bits per heavy atom. The fourth-order valence-electron chi connectivity index (χ4n) is 1.43. The van der Waals surface area contributed by atoms with Crippen molar-refractivity contribution in [1.29, 1.82) is 0 Å². The molecule has 0 saturated heterocycles. The van der Waals surface area contributed by atoms with Crippen molar-refractivity contribution in [2.45, 2.75) is 13.3 Å². The zero-order valence-electron chi connectivity index (χ0n) is 11.3. The molecule has 0 saturated carbocycles. The molecule has 0 bridgehead atoms. The number of nitrogens with zero attached hydrogens (tertiary/aromatic N) is 1. The summed E-state index contributed by atoms with van der Waals surface area (Å²) in [6, 6.07) is 0.752. The fourth-order valence-corrected chi connectivity index (χ4v) is 1.95. The first-order valence-corrected chi connectivity index (χ1v) is 8.01. The molecule has 0 aromatic carbocycles. The number of hydrogen-bond donors (Lipinski definition) is 3. The van der Waals surface area contributed by atoms with Gasteiger partial charge in [-0.3, -0.25) is 0 Å². The third-order valence-electron chi connectivity index (χ3n) is 2.28. The first-order chi connectivity index (χ1) is 9.33. The van der Waals surface area contributed by atoms with Gasteiger partial charge in [0.1, 0.15) is 0 Å². The largest absolute Gasteiger partial charge is 0.368 e. The van der Waals surface area contributed by atoms with Gasteiger partial charge < -0.3 is 10.6 Å². The molecule has 6 nitrogen and oxygen atoms in total. The molecule has 1 aromatic rings. The molecule has 3 N–H and O–H groups in total. The Morgan fingerprint density at radius 2 is 1.75 bits per heavy atom. The highest BCUT2D eigenvalue weighted by Gasteiger charge is 2.10. The van der Waals surface area contributed by atoms with Crippen molar-refractivity contribution >= 4 is 21.7 Å². The van der Waals surface area contributed by atoms with Crippen LogP contribution in [-0.2, 0) is 10.0 Å². The van der Waals surface area contributed by atoms with E-state index in [0.717, 1.165) is 12.3 Å². The van der Waals surface area contributed by atoms with Crippen LogP contribution in [0.4, 0.5) is 20.4 Å². The van der Waals surface area contributed by atoms with Crippen LogP contribution < -0.4 is 15.4 Å². The van der Waals surface area contributed by atoms with Gasteiger partial charge in [0.2, 0.25) is 10.0 Å². The maximum absolute atomic E-state index is 13.5. The van der Waals surface area contributed by atoms with Crippen molar-refractivity contribution in [3.05, 3.63) is 17.7 Å².